The number of anilines is 1. The van der Waals surface area contributed by atoms with Gasteiger partial charge < -0.3 is 20.3 Å². The van der Waals surface area contributed by atoms with Crippen molar-refractivity contribution in [2.24, 2.45) is 5.41 Å². The number of carbonyl (C=O) groups excluding carboxylic acids is 1. The van der Waals surface area contributed by atoms with Crippen LogP contribution in [0.1, 0.15) is 20.8 Å². The Balaban J connectivity index is 3.07. The van der Waals surface area contributed by atoms with Gasteiger partial charge in [-0.25, -0.2) is 0 Å². The summed E-state index contributed by atoms with van der Waals surface area (Å²) in [6, 6.07) is 2.53. The Morgan fingerprint density at radius 2 is 1.88 bits per heavy atom. The Bertz CT molecular complexity index is 435. The summed E-state index contributed by atoms with van der Waals surface area (Å²) >= 11 is 0. The quantitative estimate of drug-likeness (QED) is 0.545. The third-order valence-corrected chi connectivity index (χ3v) is 2.21. The summed E-state index contributed by atoms with van der Waals surface area (Å²) in [6.07, 6.45) is 0. The molecule has 3 N–H and O–H groups in total. The van der Waals surface area contributed by atoms with Crippen LogP contribution in [0.5, 0.6) is 17.2 Å². The lowest BCUT2D eigenvalue weighted by Crippen LogP contribution is -2.27. The maximum absolute atomic E-state index is 11.8. The number of carbonyl (C=O) groups is 1. The molecule has 0 aliphatic carbocycles. The highest BCUT2D eigenvalue weighted by Crippen LogP contribution is 2.38. The van der Waals surface area contributed by atoms with Gasteiger partial charge in [-0.3, -0.25) is 4.79 Å². The van der Waals surface area contributed by atoms with Crippen molar-refractivity contribution >= 4 is 11.6 Å². The van der Waals surface area contributed by atoms with Gasteiger partial charge in [-0.05, 0) is 0 Å². The minimum atomic E-state index is -0.592. The molecular weight excluding hydrogens is 222 g/mol. The van der Waals surface area contributed by atoms with Crippen molar-refractivity contribution in [2.45, 2.75) is 20.8 Å². The Morgan fingerprint density at radius 1 is 1.29 bits per heavy atom. The third-order valence-electron chi connectivity index (χ3n) is 2.21. The van der Waals surface area contributed by atoms with E-state index in [1.807, 2.05) is 0 Å². The molecule has 0 unspecified atom stereocenters. The molecule has 1 aromatic rings. The number of amides is 1. The van der Waals surface area contributed by atoms with E-state index < -0.39 is 5.41 Å². The number of methoxy groups -OCH3 is 1. The molecule has 0 atom stereocenters. The van der Waals surface area contributed by atoms with Crippen molar-refractivity contribution in [3.8, 4) is 17.2 Å². The summed E-state index contributed by atoms with van der Waals surface area (Å²) in [5, 5.41) is 21.7. The maximum atomic E-state index is 11.8. The van der Waals surface area contributed by atoms with Gasteiger partial charge in [0.25, 0.3) is 0 Å². The minimum absolute atomic E-state index is 0.0936. The molecule has 17 heavy (non-hydrogen) atoms. The van der Waals surface area contributed by atoms with E-state index in [1.54, 1.807) is 20.8 Å². The van der Waals surface area contributed by atoms with Crippen LogP contribution in [0.25, 0.3) is 0 Å². The second kappa shape index (κ2) is 4.53. The van der Waals surface area contributed by atoms with Crippen LogP contribution in [0.3, 0.4) is 0 Å². The van der Waals surface area contributed by atoms with E-state index in [9.17, 15) is 15.0 Å². The van der Waals surface area contributed by atoms with E-state index in [-0.39, 0.29) is 28.8 Å². The lowest BCUT2D eigenvalue weighted by molar-refractivity contribution is -0.123. The number of hydrogen-bond acceptors (Lipinski definition) is 4. The number of hydrogen-bond donors (Lipinski definition) is 3. The van der Waals surface area contributed by atoms with Crippen molar-refractivity contribution < 1.29 is 19.7 Å². The number of phenolic OH excluding ortho intramolecular Hbond substituents is 2. The average molecular weight is 239 g/mol. The molecule has 94 valence electrons. The molecule has 1 aromatic carbocycles. The largest absolute Gasteiger partial charge is 0.508 e. The smallest absolute Gasteiger partial charge is 0.229 e. The topological polar surface area (TPSA) is 78.8 Å². The number of ether oxygens (including phenoxy) is 1. The SMILES string of the molecule is COc1cc(O)cc(NC(=O)C(C)(C)C)c1O. The Morgan fingerprint density at radius 3 is 2.35 bits per heavy atom. The standard InChI is InChI=1S/C12H17NO4/c1-12(2,3)11(16)13-8-5-7(14)6-9(17-4)10(8)15/h5-6,14-15H,1-4H3,(H,13,16). The van der Waals surface area contributed by atoms with Crippen molar-refractivity contribution in [3.05, 3.63) is 12.1 Å². The second-order valence-corrected chi connectivity index (χ2v) is 4.75. The summed E-state index contributed by atoms with van der Waals surface area (Å²) in [7, 11) is 1.36. The van der Waals surface area contributed by atoms with E-state index in [4.69, 9.17) is 4.74 Å². The lowest BCUT2D eigenvalue weighted by atomic mass is 9.95. The Labute approximate surface area is 100 Å². The van der Waals surface area contributed by atoms with Gasteiger partial charge in [-0.1, -0.05) is 20.8 Å². The summed E-state index contributed by atoms with van der Waals surface area (Å²) in [5.41, 5.74) is -0.465. The number of nitrogens with one attached hydrogen (secondary N) is 1. The van der Waals surface area contributed by atoms with E-state index in [0.29, 0.717) is 0 Å². The predicted molar refractivity (Wildman–Crippen MR) is 64.4 cm³/mol. The molecule has 0 aromatic heterocycles. The number of phenols is 2. The molecule has 1 rings (SSSR count). The van der Waals surface area contributed by atoms with Crippen molar-refractivity contribution in [1.82, 2.24) is 0 Å². The van der Waals surface area contributed by atoms with Crippen molar-refractivity contribution in [2.75, 3.05) is 12.4 Å². The highest BCUT2D eigenvalue weighted by molar-refractivity contribution is 5.96. The Hall–Kier alpha value is -1.91. The zero-order chi connectivity index (χ0) is 13.2. The van der Waals surface area contributed by atoms with Gasteiger partial charge in [0, 0.05) is 17.5 Å². The van der Waals surface area contributed by atoms with Gasteiger partial charge in [0.15, 0.2) is 11.5 Å². The zero-order valence-electron chi connectivity index (χ0n) is 10.4. The molecule has 1 amide bonds. The van der Waals surface area contributed by atoms with Crippen LogP contribution >= 0.6 is 0 Å². The monoisotopic (exact) mass is 239 g/mol. The predicted octanol–water partition coefficient (Wildman–Crippen LogP) is 2.09. The molecule has 0 fully saturated rings. The molecule has 0 aliphatic rings. The van der Waals surface area contributed by atoms with E-state index in [1.165, 1.54) is 19.2 Å². The molecule has 0 aliphatic heterocycles. The highest BCUT2D eigenvalue weighted by Gasteiger charge is 2.23. The summed E-state index contributed by atoms with van der Waals surface area (Å²) < 4.78 is 4.87. The highest BCUT2D eigenvalue weighted by atomic mass is 16.5. The zero-order valence-corrected chi connectivity index (χ0v) is 10.4. The van der Waals surface area contributed by atoms with Crippen molar-refractivity contribution in [1.29, 1.82) is 0 Å². The van der Waals surface area contributed by atoms with Gasteiger partial charge >= 0.3 is 0 Å². The first-order valence-corrected chi connectivity index (χ1v) is 5.17. The van der Waals surface area contributed by atoms with Crippen molar-refractivity contribution in [3.63, 3.8) is 0 Å². The fraction of sp³-hybridized carbons (Fsp3) is 0.417. The Kier molecular flexibility index (Phi) is 3.50. The van der Waals surface area contributed by atoms with Crippen LogP contribution in [0.2, 0.25) is 0 Å². The van der Waals surface area contributed by atoms with Gasteiger partial charge in [0.05, 0.1) is 12.8 Å². The molecule has 0 spiro atoms. The van der Waals surface area contributed by atoms with E-state index >= 15 is 0 Å². The van der Waals surface area contributed by atoms with Gasteiger partial charge in [-0.15, -0.1) is 0 Å². The molecule has 5 nitrogen and oxygen atoms in total. The van der Waals surface area contributed by atoms with Gasteiger partial charge in [0.2, 0.25) is 5.91 Å². The molecule has 0 heterocycles. The van der Waals surface area contributed by atoms with Crippen LogP contribution < -0.4 is 10.1 Å². The van der Waals surface area contributed by atoms with Crippen LogP contribution in [0, 0.1) is 5.41 Å². The molecule has 0 radical (unpaired) electrons. The van der Waals surface area contributed by atoms with Gasteiger partial charge in [-0.2, -0.15) is 0 Å². The molecule has 0 saturated carbocycles. The number of rotatable bonds is 2. The van der Waals surface area contributed by atoms with Gasteiger partial charge in [0.1, 0.15) is 5.75 Å². The first-order chi connectivity index (χ1) is 7.75. The first kappa shape index (κ1) is 13.2. The molecule has 0 saturated heterocycles. The van der Waals surface area contributed by atoms with Crippen LogP contribution in [-0.2, 0) is 4.79 Å². The molecular formula is C12H17NO4. The van der Waals surface area contributed by atoms with Crippen LogP contribution in [0.4, 0.5) is 5.69 Å². The number of benzene rings is 1. The fourth-order valence-corrected chi connectivity index (χ4v) is 1.15. The minimum Gasteiger partial charge on any atom is -0.508 e. The number of aromatic hydroxyl groups is 2. The van der Waals surface area contributed by atoms with E-state index in [0.717, 1.165) is 0 Å². The normalized spacial score (nSPS) is 11.1. The lowest BCUT2D eigenvalue weighted by Gasteiger charge is -2.19. The first-order valence-electron chi connectivity index (χ1n) is 5.17. The van der Waals surface area contributed by atoms with Crippen LogP contribution in [0.15, 0.2) is 12.1 Å². The maximum Gasteiger partial charge on any atom is 0.229 e. The summed E-state index contributed by atoms with van der Waals surface area (Å²) in [5.74, 6) is -0.457. The fourth-order valence-electron chi connectivity index (χ4n) is 1.15. The van der Waals surface area contributed by atoms with Crippen LogP contribution in [-0.4, -0.2) is 23.2 Å². The summed E-state index contributed by atoms with van der Waals surface area (Å²) in [6.45, 7) is 5.25. The molecule has 0 bridgehead atoms. The second-order valence-electron chi connectivity index (χ2n) is 4.75. The third kappa shape index (κ3) is 3.03. The summed E-state index contributed by atoms with van der Waals surface area (Å²) in [4.78, 5) is 11.8. The average Bonchev–Trinajstić information content (AvgIpc) is 2.21. The molecule has 5 heteroatoms. The van der Waals surface area contributed by atoms with E-state index in [2.05, 4.69) is 5.32 Å².